The molecule has 0 bridgehead atoms. The van der Waals surface area contributed by atoms with Gasteiger partial charge in [-0.25, -0.2) is 9.37 Å². The second-order valence-corrected chi connectivity index (χ2v) is 8.98. The summed E-state index contributed by atoms with van der Waals surface area (Å²) in [6, 6.07) is 12.1. The number of fused-ring (bicyclic) bond motifs is 3. The number of rotatable bonds is 2. The Morgan fingerprint density at radius 1 is 1.06 bits per heavy atom. The predicted molar refractivity (Wildman–Crippen MR) is 116 cm³/mol. The van der Waals surface area contributed by atoms with Gasteiger partial charge >= 0.3 is 0 Å². The number of carbonyl (C=O) groups is 1. The van der Waals surface area contributed by atoms with E-state index in [-0.39, 0.29) is 11.7 Å². The third-order valence-corrected chi connectivity index (χ3v) is 7.12. The molecule has 0 N–H and O–H groups in total. The first-order chi connectivity index (χ1) is 15.1. The number of piperidine rings is 1. The molecule has 8 heteroatoms. The molecule has 0 radical (unpaired) electrons. The Balaban J connectivity index is 1.26. The number of ether oxygens (including phenoxy) is 2. The van der Waals surface area contributed by atoms with Gasteiger partial charge in [0.15, 0.2) is 10.7 Å². The molecule has 158 valence electrons. The van der Waals surface area contributed by atoms with E-state index < -0.39 is 5.79 Å². The van der Waals surface area contributed by atoms with E-state index in [1.54, 1.807) is 23.5 Å². The molecule has 0 atom stereocenters. The zero-order valence-electron chi connectivity index (χ0n) is 16.7. The Labute approximate surface area is 181 Å². The third kappa shape index (κ3) is 3.22. The molecule has 2 aromatic carbocycles. The van der Waals surface area contributed by atoms with Crippen LogP contribution in [-0.2, 0) is 9.47 Å². The van der Waals surface area contributed by atoms with Crippen LogP contribution in [0.4, 0.5) is 4.39 Å². The maximum absolute atomic E-state index is 13.2. The van der Waals surface area contributed by atoms with E-state index in [0.717, 1.165) is 26.4 Å². The Hall–Kier alpha value is -2.81. The van der Waals surface area contributed by atoms with Crippen molar-refractivity contribution < 1.29 is 18.7 Å². The number of likely N-dealkylation sites (tertiary alicyclic amines) is 1. The zero-order valence-corrected chi connectivity index (χ0v) is 17.5. The maximum Gasteiger partial charge on any atom is 0.253 e. The van der Waals surface area contributed by atoms with Crippen LogP contribution in [0.1, 0.15) is 23.2 Å². The molecule has 1 spiro atoms. The second kappa shape index (κ2) is 7.12. The van der Waals surface area contributed by atoms with E-state index in [1.807, 2.05) is 33.7 Å². The van der Waals surface area contributed by atoms with Crippen LogP contribution >= 0.6 is 11.3 Å². The molecule has 2 aliphatic rings. The highest BCUT2D eigenvalue weighted by Gasteiger charge is 2.40. The lowest BCUT2D eigenvalue weighted by Crippen LogP contribution is -2.47. The Bertz CT molecular complexity index is 1280. The Morgan fingerprint density at radius 3 is 2.55 bits per heavy atom. The summed E-state index contributed by atoms with van der Waals surface area (Å²) in [4.78, 5) is 20.5. The standard InChI is InChI=1S/C23H20FN3O3S/c24-17-4-1-15(2-5-17)18-14-27-19-6-3-16(13-20(19)31-22(27)25-18)21(28)26-9-7-23(8-10-26)29-11-12-30-23/h1-6,13-14H,7-12H2. The van der Waals surface area contributed by atoms with Crippen LogP contribution in [0.2, 0.25) is 0 Å². The smallest absolute Gasteiger partial charge is 0.253 e. The Morgan fingerprint density at radius 2 is 1.81 bits per heavy atom. The van der Waals surface area contributed by atoms with Crippen molar-refractivity contribution in [2.24, 2.45) is 0 Å². The van der Waals surface area contributed by atoms with E-state index in [1.165, 1.54) is 12.1 Å². The molecule has 2 aliphatic heterocycles. The Kier molecular flexibility index (Phi) is 4.34. The molecular weight excluding hydrogens is 417 g/mol. The van der Waals surface area contributed by atoms with Crippen molar-refractivity contribution in [1.29, 1.82) is 0 Å². The zero-order chi connectivity index (χ0) is 21.0. The van der Waals surface area contributed by atoms with Gasteiger partial charge in [-0.05, 0) is 42.5 Å². The number of halogens is 1. The molecule has 2 aromatic heterocycles. The number of amides is 1. The van der Waals surface area contributed by atoms with Crippen LogP contribution < -0.4 is 0 Å². The van der Waals surface area contributed by atoms with Crippen LogP contribution in [0.15, 0.2) is 48.7 Å². The average Bonchev–Trinajstić information content (AvgIpc) is 3.49. The number of nitrogens with zero attached hydrogens (tertiary/aromatic N) is 3. The topological polar surface area (TPSA) is 56.1 Å². The minimum atomic E-state index is -0.484. The highest BCUT2D eigenvalue weighted by Crippen LogP contribution is 2.33. The summed E-state index contributed by atoms with van der Waals surface area (Å²) in [7, 11) is 0. The third-order valence-electron chi connectivity index (χ3n) is 6.11. The largest absolute Gasteiger partial charge is 0.347 e. The fraction of sp³-hybridized carbons (Fsp3) is 0.304. The van der Waals surface area contributed by atoms with Gasteiger partial charge in [0.25, 0.3) is 5.91 Å². The van der Waals surface area contributed by atoms with Gasteiger partial charge in [-0.3, -0.25) is 9.20 Å². The fourth-order valence-electron chi connectivity index (χ4n) is 4.41. The summed E-state index contributed by atoms with van der Waals surface area (Å²) in [6.07, 6.45) is 3.37. The molecule has 31 heavy (non-hydrogen) atoms. The summed E-state index contributed by atoms with van der Waals surface area (Å²) in [5, 5.41) is 0. The number of hydrogen-bond donors (Lipinski definition) is 0. The molecule has 6 nitrogen and oxygen atoms in total. The summed E-state index contributed by atoms with van der Waals surface area (Å²) >= 11 is 1.54. The number of carbonyl (C=O) groups excluding carboxylic acids is 1. The van der Waals surface area contributed by atoms with E-state index in [9.17, 15) is 9.18 Å². The second-order valence-electron chi connectivity index (χ2n) is 7.97. The molecule has 2 fully saturated rings. The monoisotopic (exact) mass is 437 g/mol. The van der Waals surface area contributed by atoms with E-state index in [4.69, 9.17) is 14.5 Å². The minimum absolute atomic E-state index is 0.0350. The predicted octanol–water partition coefficient (Wildman–Crippen LogP) is 4.33. The SMILES string of the molecule is O=C(c1ccc2c(c1)sc1nc(-c3ccc(F)cc3)cn12)N1CCC2(CC1)OCCO2. The first kappa shape index (κ1) is 18.9. The van der Waals surface area contributed by atoms with E-state index in [0.29, 0.717) is 44.7 Å². The lowest BCUT2D eigenvalue weighted by Gasteiger charge is -2.37. The molecule has 6 rings (SSSR count). The normalized spacial score (nSPS) is 18.4. The van der Waals surface area contributed by atoms with Gasteiger partial charge < -0.3 is 14.4 Å². The molecule has 0 saturated carbocycles. The van der Waals surface area contributed by atoms with Crippen molar-refractivity contribution in [3.05, 3.63) is 60.0 Å². The fourth-order valence-corrected chi connectivity index (χ4v) is 5.46. The summed E-state index contributed by atoms with van der Waals surface area (Å²) in [6.45, 7) is 2.53. The van der Waals surface area contributed by atoms with Crippen molar-refractivity contribution in [3.8, 4) is 11.3 Å². The van der Waals surface area contributed by atoms with Crippen LogP contribution in [0.5, 0.6) is 0 Å². The van der Waals surface area contributed by atoms with Crippen LogP contribution in [-0.4, -0.2) is 52.3 Å². The highest BCUT2D eigenvalue weighted by molar-refractivity contribution is 7.23. The quantitative estimate of drug-likeness (QED) is 0.468. The van der Waals surface area contributed by atoms with Crippen LogP contribution in [0, 0.1) is 5.82 Å². The highest BCUT2D eigenvalue weighted by atomic mass is 32.1. The molecular formula is C23H20FN3O3S. The van der Waals surface area contributed by atoms with Gasteiger partial charge in [0, 0.05) is 43.3 Å². The number of hydrogen-bond acceptors (Lipinski definition) is 5. The van der Waals surface area contributed by atoms with Gasteiger partial charge in [-0.1, -0.05) is 11.3 Å². The average molecular weight is 437 g/mol. The number of thiazole rings is 1. The van der Waals surface area contributed by atoms with Gasteiger partial charge in [0.1, 0.15) is 5.82 Å². The van der Waals surface area contributed by atoms with Crippen molar-refractivity contribution in [1.82, 2.24) is 14.3 Å². The first-order valence-corrected chi connectivity index (χ1v) is 11.2. The number of benzene rings is 2. The van der Waals surface area contributed by atoms with Crippen LogP contribution in [0.3, 0.4) is 0 Å². The molecule has 0 aliphatic carbocycles. The maximum atomic E-state index is 13.2. The van der Waals surface area contributed by atoms with Crippen molar-refractivity contribution in [2.45, 2.75) is 18.6 Å². The molecule has 2 saturated heterocycles. The van der Waals surface area contributed by atoms with Gasteiger partial charge in [-0.2, -0.15) is 0 Å². The van der Waals surface area contributed by atoms with Crippen molar-refractivity contribution in [3.63, 3.8) is 0 Å². The molecule has 1 amide bonds. The summed E-state index contributed by atoms with van der Waals surface area (Å²) < 4.78 is 27.7. The number of aromatic nitrogens is 2. The van der Waals surface area contributed by atoms with Crippen molar-refractivity contribution in [2.75, 3.05) is 26.3 Å². The van der Waals surface area contributed by atoms with E-state index in [2.05, 4.69) is 0 Å². The van der Waals surface area contributed by atoms with Crippen molar-refractivity contribution >= 4 is 32.4 Å². The molecule has 4 heterocycles. The van der Waals surface area contributed by atoms with Gasteiger partial charge in [0.05, 0.1) is 29.1 Å². The lowest BCUT2D eigenvalue weighted by molar-refractivity contribution is -0.181. The first-order valence-electron chi connectivity index (χ1n) is 10.4. The number of imidazole rings is 1. The van der Waals surface area contributed by atoms with Gasteiger partial charge in [-0.15, -0.1) is 0 Å². The summed E-state index contributed by atoms with van der Waals surface area (Å²) in [5.74, 6) is -0.713. The van der Waals surface area contributed by atoms with Gasteiger partial charge in [0.2, 0.25) is 0 Å². The molecule has 4 aromatic rings. The lowest BCUT2D eigenvalue weighted by atomic mass is 10.0. The minimum Gasteiger partial charge on any atom is -0.347 e. The molecule has 0 unspecified atom stereocenters. The van der Waals surface area contributed by atoms with E-state index >= 15 is 0 Å². The summed E-state index contributed by atoms with van der Waals surface area (Å²) in [5.41, 5.74) is 3.35. The van der Waals surface area contributed by atoms with Crippen LogP contribution in [0.25, 0.3) is 26.4 Å².